The molecular weight excluding hydrogens is 412 g/mol. The quantitative estimate of drug-likeness (QED) is 0.286. The van der Waals surface area contributed by atoms with E-state index < -0.39 is 0 Å². The molecule has 0 amide bonds. The number of hydrogen-bond acceptors (Lipinski definition) is 1. The van der Waals surface area contributed by atoms with E-state index in [1.54, 1.807) is 0 Å². The van der Waals surface area contributed by atoms with Crippen molar-refractivity contribution in [1.29, 1.82) is 0 Å². The normalized spacial score (nSPS) is 10.5. The van der Waals surface area contributed by atoms with Gasteiger partial charge in [0.1, 0.15) is 0 Å². The highest BCUT2D eigenvalue weighted by Crippen LogP contribution is 2.24. The lowest BCUT2D eigenvalue weighted by Crippen LogP contribution is -2.03. The third kappa shape index (κ3) is 5.91. The van der Waals surface area contributed by atoms with Crippen molar-refractivity contribution in [3.63, 3.8) is 0 Å². The van der Waals surface area contributed by atoms with Gasteiger partial charge in [-0.05, 0) is 123 Å². The van der Waals surface area contributed by atoms with Gasteiger partial charge in [-0.3, -0.25) is 4.79 Å². The molecule has 1 nitrogen and oxygen atoms in total. The molecule has 0 aliphatic carbocycles. The van der Waals surface area contributed by atoms with Gasteiger partial charge in [0.2, 0.25) is 0 Å². The maximum Gasteiger partial charge on any atom is 0.193 e. The number of rotatable bonds is 3. The Morgan fingerprint density at radius 3 is 0.971 bits per heavy atom. The molecule has 1 heteroatoms. The highest BCUT2D eigenvalue weighted by Gasteiger charge is 2.10. The molecule has 174 valence electrons. The third-order valence-electron chi connectivity index (χ3n) is 6.89. The maximum absolute atomic E-state index is 12.4. The van der Waals surface area contributed by atoms with E-state index in [0.717, 1.165) is 22.3 Å². The minimum absolute atomic E-state index is 0.0983. The Bertz CT molecular complexity index is 1240. The molecule has 0 bridgehead atoms. The van der Waals surface area contributed by atoms with Crippen molar-refractivity contribution in [2.75, 3.05) is 0 Å². The molecule has 4 aromatic carbocycles. The Hall–Kier alpha value is -3.45. The van der Waals surface area contributed by atoms with Crippen LogP contribution in [0, 0.1) is 55.4 Å². The maximum atomic E-state index is 12.4. The number of benzene rings is 4. The molecule has 4 aromatic rings. The molecule has 0 saturated carbocycles. The summed E-state index contributed by atoms with van der Waals surface area (Å²) < 4.78 is 0. The first-order valence-electron chi connectivity index (χ1n) is 11.9. The summed E-state index contributed by atoms with van der Waals surface area (Å²) in [6.07, 6.45) is 0. The molecule has 0 aromatic heterocycles. The Kier molecular flexibility index (Phi) is 7.89. The summed E-state index contributed by atoms with van der Waals surface area (Å²) >= 11 is 0. The third-order valence-corrected chi connectivity index (χ3v) is 6.89. The molecule has 0 fully saturated rings. The predicted molar refractivity (Wildman–Crippen MR) is 146 cm³/mol. The van der Waals surface area contributed by atoms with Crippen LogP contribution >= 0.6 is 0 Å². The van der Waals surface area contributed by atoms with Crippen molar-refractivity contribution in [2.45, 2.75) is 55.4 Å². The largest absolute Gasteiger partial charge is 0.289 e. The predicted octanol–water partition coefficient (Wildman–Crippen LogP) is 8.74. The number of carbonyl (C=O) groups is 1. The van der Waals surface area contributed by atoms with E-state index in [1.165, 1.54) is 44.5 Å². The standard InChI is InChI=1S/C17H18O.C16H18/c1-11-5-7-15(9-13(11)3)17(18)16-8-6-12(2)14(4)10-16;1-11-5-7-15(9-13(11)3)16-8-6-12(2)14(4)10-16/h5-10H,1-4H3;5-10H,1-4H3. The molecule has 0 heterocycles. The van der Waals surface area contributed by atoms with Crippen molar-refractivity contribution in [3.05, 3.63) is 128 Å². The zero-order chi connectivity index (χ0) is 25.0. The van der Waals surface area contributed by atoms with Crippen LogP contribution in [0.5, 0.6) is 0 Å². The van der Waals surface area contributed by atoms with E-state index in [4.69, 9.17) is 0 Å². The van der Waals surface area contributed by atoms with Crippen molar-refractivity contribution in [3.8, 4) is 11.1 Å². The van der Waals surface area contributed by atoms with Gasteiger partial charge in [-0.25, -0.2) is 0 Å². The zero-order valence-electron chi connectivity index (χ0n) is 21.8. The van der Waals surface area contributed by atoms with E-state index >= 15 is 0 Å². The van der Waals surface area contributed by atoms with Gasteiger partial charge in [0, 0.05) is 11.1 Å². The van der Waals surface area contributed by atoms with Gasteiger partial charge in [0.25, 0.3) is 0 Å². The highest BCUT2D eigenvalue weighted by molar-refractivity contribution is 6.09. The lowest BCUT2D eigenvalue weighted by molar-refractivity contribution is 0.103. The Balaban J connectivity index is 0.000000192. The molecule has 0 atom stereocenters. The lowest BCUT2D eigenvalue weighted by atomic mass is 9.97. The fourth-order valence-corrected chi connectivity index (χ4v) is 3.77. The number of carbonyl (C=O) groups excluding carboxylic acids is 1. The first kappa shape index (κ1) is 25.2. The van der Waals surface area contributed by atoms with Crippen molar-refractivity contribution < 1.29 is 4.79 Å². The smallest absolute Gasteiger partial charge is 0.193 e. The van der Waals surface area contributed by atoms with E-state index in [9.17, 15) is 4.79 Å². The number of aryl methyl sites for hydroxylation is 8. The molecule has 0 aliphatic heterocycles. The van der Waals surface area contributed by atoms with E-state index in [0.29, 0.717) is 0 Å². The van der Waals surface area contributed by atoms with Crippen LogP contribution in [0.3, 0.4) is 0 Å². The molecule has 0 saturated heterocycles. The second-order valence-electron chi connectivity index (χ2n) is 9.53. The summed E-state index contributed by atoms with van der Waals surface area (Å²) in [7, 11) is 0. The van der Waals surface area contributed by atoms with Gasteiger partial charge in [0.15, 0.2) is 5.78 Å². The topological polar surface area (TPSA) is 17.1 Å². The van der Waals surface area contributed by atoms with Gasteiger partial charge >= 0.3 is 0 Å². The van der Waals surface area contributed by atoms with Crippen LogP contribution in [0.1, 0.15) is 60.4 Å². The van der Waals surface area contributed by atoms with Crippen molar-refractivity contribution >= 4 is 5.78 Å². The van der Waals surface area contributed by atoms with Gasteiger partial charge in [-0.15, -0.1) is 0 Å². The van der Waals surface area contributed by atoms with E-state index in [-0.39, 0.29) is 5.78 Å². The van der Waals surface area contributed by atoms with Crippen LogP contribution < -0.4 is 0 Å². The summed E-state index contributed by atoms with van der Waals surface area (Å²) in [5.74, 6) is 0.0983. The first-order valence-corrected chi connectivity index (χ1v) is 11.9. The van der Waals surface area contributed by atoms with Crippen molar-refractivity contribution in [2.24, 2.45) is 0 Å². The first-order chi connectivity index (χ1) is 16.1. The van der Waals surface area contributed by atoms with Gasteiger partial charge in [0.05, 0.1) is 0 Å². The minimum atomic E-state index is 0.0983. The molecule has 0 spiro atoms. The van der Waals surface area contributed by atoms with Gasteiger partial charge in [-0.1, -0.05) is 60.7 Å². The average Bonchev–Trinajstić information content (AvgIpc) is 2.81. The van der Waals surface area contributed by atoms with Gasteiger partial charge in [-0.2, -0.15) is 0 Å². The number of hydrogen-bond donors (Lipinski definition) is 0. The second kappa shape index (κ2) is 10.7. The summed E-state index contributed by atoms with van der Waals surface area (Å²) in [6, 6.07) is 25.1. The van der Waals surface area contributed by atoms with Crippen LogP contribution in [-0.4, -0.2) is 5.78 Å². The molecule has 0 unspecified atom stereocenters. The molecule has 0 N–H and O–H groups in total. The summed E-state index contributed by atoms with van der Waals surface area (Å²) in [6.45, 7) is 16.8. The van der Waals surface area contributed by atoms with Crippen molar-refractivity contribution in [1.82, 2.24) is 0 Å². The summed E-state index contributed by atoms with van der Waals surface area (Å²) in [5, 5.41) is 0. The molecule has 34 heavy (non-hydrogen) atoms. The fourth-order valence-electron chi connectivity index (χ4n) is 3.77. The van der Waals surface area contributed by atoms with E-state index in [2.05, 4.69) is 77.9 Å². The molecule has 0 aliphatic rings. The fraction of sp³-hybridized carbons (Fsp3) is 0.242. The second-order valence-corrected chi connectivity index (χ2v) is 9.53. The monoisotopic (exact) mass is 448 g/mol. The summed E-state index contributed by atoms with van der Waals surface area (Å²) in [4.78, 5) is 12.4. The van der Waals surface area contributed by atoms with Crippen LogP contribution in [0.4, 0.5) is 0 Å². The molecular formula is C33H36O. The molecule has 0 radical (unpaired) electrons. The lowest BCUT2D eigenvalue weighted by Gasteiger charge is -2.08. The number of ketones is 1. The van der Waals surface area contributed by atoms with Crippen LogP contribution in [0.15, 0.2) is 72.8 Å². The van der Waals surface area contributed by atoms with E-state index in [1.807, 2.05) is 50.2 Å². The summed E-state index contributed by atoms with van der Waals surface area (Å²) in [5.41, 5.74) is 14.3. The van der Waals surface area contributed by atoms with Crippen LogP contribution in [0.25, 0.3) is 11.1 Å². The van der Waals surface area contributed by atoms with Crippen LogP contribution in [0.2, 0.25) is 0 Å². The average molecular weight is 449 g/mol. The minimum Gasteiger partial charge on any atom is -0.289 e. The van der Waals surface area contributed by atoms with Gasteiger partial charge < -0.3 is 0 Å². The van der Waals surface area contributed by atoms with Crippen LogP contribution in [-0.2, 0) is 0 Å². The Labute approximate surface area is 205 Å². The Morgan fingerprint density at radius 2 is 0.676 bits per heavy atom. The molecule has 4 rings (SSSR count). The highest BCUT2D eigenvalue weighted by atomic mass is 16.1. The Morgan fingerprint density at radius 1 is 0.382 bits per heavy atom. The zero-order valence-corrected chi connectivity index (χ0v) is 21.8. The SMILES string of the molecule is Cc1ccc(-c2ccc(C)c(C)c2)cc1C.Cc1ccc(C(=O)c2ccc(C)c(C)c2)cc1C.